The minimum Gasteiger partial charge on any atom is -0.407 e. The summed E-state index contributed by atoms with van der Waals surface area (Å²) in [6, 6.07) is 31.1. The second-order valence-corrected chi connectivity index (χ2v) is 24.5. The van der Waals surface area contributed by atoms with E-state index in [9.17, 15) is 13.2 Å². The summed E-state index contributed by atoms with van der Waals surface area (Å²) in [5.74, 6) is 0.291. The Hall–Kier alpha value is -2.82. The van der Waals surface area contributed by atoms with Gasteiger partial charge in [-0.05, 0) is 90.1 Å². The highest BCUT2D eigenvalue weighted by Gasteiger charge is 2.73. The highest BCUT2D eigenvalue weighted by atomic mass is 32.2. The third-order valence-electron chi connectivity index (χ3n) is 14.5. The van der Waals surface area contributed by atoms with E-state index in [1.807, 2.05) is 23.3 Å². The molecule has 8 rings (SSSR count). The Labute approximate surface area is 318 Å². The predicted molar refractivity (Wildman–Crippen MR) is 212 cm³/mol. The van der Waals surface area contributed by atoms with Crippen LogP contribution in [0.2, 0.25) is 5.04 Å². The molecule has 53 heavy (non-hydrogen) atoms. The molecule has 284 valence electrons. The number of carbonyl (C=O) groups is 1. The first-order valence-electron chi connectivity index (χ1n) is 20.1. The van der Waals surface area contributed by atoms with E-state index < -0.39 is 24.4 Å². The molecular formula is C44H58N2O5SSi. The Bertz CT molecular complexity index is 1860. The van der Waals surface area contributed by atoms with Crippen molar-refractivity contribution in [2.75, 3.05) is 12.4 Å². The molecule has 0 unspecified atom stereocenters. The van der Waals surface area contributed by atoms with E-state index in [0.717, 1.165) is 63.4 Å². The zero-order chi connectivity index (χ0) is 37.3. The van der Waals surface area contributed by atoms with Crippen LogP contribution in [-0.2, 0) is 24.1 Å². The van der Waals surface area contributed by atoms with Gasteiger partial charge in [0, 0.05) is 18.4 Å². The average Bonchev–Trinajstić information content (AvgIpc) is 3.79. The van der Waals surface area contributed by atoms with E-state index in [1.165, 1.54) is 14.7 Å². The highest BCUT2D eigenvalue weighted by molar-refractivity contribution is 7.90. The number of hydroxylamine groups is 2. The summed E-state index contributed by atoms with van der Waals surface area (Å²) in [5, 5.41) is 4.49. The van der Waals surface area contributed by atoms with Crippen LogP contribution < -0.4 is 10.4 Å². The van der Waals surface area contributed by atoms with Crippen molar-refractivity contribution in [3.05, 3.63) is 96.6 Å². The molecule has 9 heteroatoms. The van der Waals surface area contributed by atoms with Gasteiger partial charge in [0.25, 0.3) is 14.2 Å². The Morgan fingerprint density at radius 1 is 0.887 bits per heavy atom. The van der Waals surface area contributed by atoms with Crippen LogP contribution in [0.15, 0.2) is 91.0 Å². The fraction of sp³-hybridized carbons (Fsp3) is 0.568. The SMILES string of the molecule is CC1(C)[C@@H]2CC[C@]13CS(=O)(=O)N(C(=O)[C@H]1CCC[C@]4(CCCCO[Si](c5ccccc5)(c5ccccc5)C(C)(C)C)C[C@@H](c5ccccc5)ON14)[C@@H]3C2. The number of sulfonamides is 1. The van der Waals surface area contributed by atoms with Gasteiger partial charge in [-0.2, -0.15) is 5.06 Å². The Balaban J connectivity index is 1.04. The summed E-state index contributed by atoms with van der Waals surface area (Å²) in [7, 11) is -6.38. The number of benzene rings is 3. The zero-order valence-corrected chi connectivity index (χ0v) is 34.1. The first-order valence-corrected chi connectivity index (χ1v) is 23.6. The monoisotopic (exact) mass is 754 g/mol. The number of rotatable bonds is 10. The summed E-state index contributed by atoms with van der Waals surface area (Å²) in [5.41, 5.74) is 0.312. The van der Waals surface area contributed by atoms with Gasteiger partial charge in [-0.1, -0.05) is 126 Å². The van der Waals surface area contributed by atoms with Gasteiger partial charge >= 0.3 is 0 Å². The molecule has 3 heterocycles. The Morgan fingerprint density at radius 2 is 1.51 bits per heavy atom. The first-order chi connectivity index (χ1) is 25.3. The van der Waals surface area contributed by atoms with Gasteiger partial charge in [0.2, 0.25) is 10.0 Å². The van der Waals surface area contributed by atoms with Crippen LogP contribution in [0.1, 0.15) is 110 Å². The Kier molecular flexibility index (Phi) is 9.41. The third-order valence-corrected chi connectivity index (χ3v) is 21.5. The Morgan fingerprint density at radius 3 is 2.11 bits per heavy atom. The standard InChI is InChI=1S/C44H58N2O5SSi/c1-41(2,3)53(35-20-11-7-12-21-35,36-22-13-8-14-23-36)50-29-16-15-26-43-27-17-24-37(46(43)51-38(31-43)33-18-9-6-10-19-33)40(47)45-39-30-34-25-28-44(39,42(34,4)5)32-52(45,48)49/h6-14,18-23,34,37-39H,15-17,24-32H2,1-5H3/t34-,37-,38+,39-,43-,44-/m1/s1. The average molecular weight is 755 g/mol. The first kappa shape index (κ1) is 37.1. The molecule has 1 spiro atoms. The third kappa shape index (κ3) is 5.82. The molecule has 7 nitrogen and oxygen atoms in total. The largest absolute Gasteiger partial charge is 0.407 e. The van der Waals surface area contributed by atoms with Crippen LogP contribution in [-0.4, -0.2) is 62.0 Å². The minimum absolute atomic E-state index is 0.0881. The van der Waals surface area contributed by atoms with Gasteiger partial charge in [-0.3, -0.25) is 9.63 Å². The highest BCUT2D eigenvalue weighted by Crippen LogP contribution is 2.70. The molecule has 3 aromatic rings. The summed E-state index contributed by atoms with van der Waals surface area (Å²) >= 11 is 0. The molecule has 2 aliphatic carbocycles. The van der Waals surface area contributed by atoms with Gasteiger partial charge in [-0.25, -0.2) is 12.7 Å². The summed E-state index contributed by atoms with van der Waals surface area (Å²) < 4.78 is 36.7. The summed E-state index contributed by atoms with van der Waals surface area (Å²) in [6.07, 6.45) is 8.40. The number of nitrogens with zero attached hydrogens (tertiary/aromatic N) is 2. The van der Waals surface area contributed by atoms with Crippen molar-refractivity contribution in [1.82, 2.24) is 9.37 Å². The maximum Gasteiger partial charge on any atom is 0.261 e. The van der Waals surface area contributed by atoms with Crippen LogP contribution in [0.25, 0.3) is 0 Å². The second kappa shape index (κ2) is 13.4. The lowest BCUT2D eigenvalue weighted by molar-refractivity contribution is -0.231. The van der Waals surface area contributed by atoms with Crippen molar-refractivity contribution < 1.29 is 22.5 Å². The lowest BCUT2D eigenvalue weighted by atomic mass is 9.69. The molecular weight excluding hydrogens is 697 g/mol. The fourth-order valence-electron chi connectivity index (χ4n) is 11.8. The zero-order valence-electron chi connectivity index (χ0n) is 32.3. The van der Waals surface area contributed by atoms with Gasteiger partial charge in [0.15, 0.2) is 0 Å². The van der Waals surface area contributed by atoms with Gasteiger partial charge < -0.3 is 4.43 Å². The van der Waals surface area contributed by atoms with E-state index in [4.69, 9.17) is 9.26 Å². The van der Waals surface area contributed by atoms with Crippen LogP contribution in [0.5, 0.6) is 0 Å². The molecule has 1 amide bonds. The molecule has 5 aliphatic rings. The fourth-order valence-corrected chi connectivity index (χ4v) is 18.9. The molecule has 5 fully saturated rings. The normalized spacial score (nSPS) is 31.8. The molecule has 3 aliphatic heterocycles. The van der Waals surface area contributed by atoms with E-state index in [0.29, 0.717) is 18.9 Å². The number of hydrogen-bond donors (Lipinski definition) is 0. The molecule has 0 aromatic heterocycles. The maximum atomic E-state index is 14.8. The molecule has 0 N–H and O–H groups in total. The van der Waals surface area contributed by atoms with Crippen LogP contribution in [0.4, 0.5) is 0 Å². The number of piperidine rings is 1. The molecule has 6 atom stereocenters. The van der Waals surface area contributed by atoms with Crippen molar-refractivity contribution >= 4 is 34.6 Å². The smallest absolute Gasteiger partial charge is 0.261 e. The molecule has 3 saturated heterocycles. The summed E-state index contributed by atoms with van der Waals surface area (Å²) in [4.78, 5) is 21.7. The number of carbonyl (C=O) groups excluding carboxylic acids is 1. The number of fused-ring (bicyclic) bond motifs is 2. The van der Waals surface area contributed by atoms with Gasteiger partial charge in [0.05, 0.1) is 17.3 Å². The van der Waals surface area contributed by atoms with Gasteiger partial charge in [0.1, 0.15) is 12.1 Å². The van der Waals surface area contributed by atoms with Crippen LogP contribution in [0.3, 0.4) is 0 Å². The van der Waals surface area contributed by atoms with E-state index >= 15 is 0 Å². The summed E-state index contributed by atoms with van der Waals surface area (Å²) in [6.45, 7) is 12.1. The van der Waals surface area contributed by atoms with E-state index in [2.05, 4.69) is 107 Å². The van der Waals surface area contributed by atoms with Crippen LogP contribution >= 0.6 is 0 Å². The molecule has 2 saturated carbocycles. The second-order valence-electron chi connectivity index (χ2n) is 18.4. The lowest BCUT2D eigenvalue weighted by Gasteiger charge is -2.46. The number of unbranched alkanes of at least 4 members (excludes halogenated alkanes) is 1. The van der Waals surface area contributed by atoms with Crippen molar-refractivity contribution in [2.24, 2.45) is 16.7 Å². The molecule has 2 bridgehead atoms. The minimum atomic E-state index is -3.73. The predicted octanol–water partition coefficient (Wildman–Crippen LogP) is 7.77. The van der Waals surface area contributed by atoms with Crippen molar-refractivity contribution in [3.8, 4) is 0 Å². The van der Waals surface area contributed by atoms with Crippen molar-refractivity contribution in [1.29, 1.82) is 0 Å². The van der Waals surface area contributed by atoms with Crippen molar-refractivity contribution in [2.45, 2.75) is 128 Å². The molecule has 3 aromatic carbocycles. The maximum absolute atomic E-state index is 14.8. The van der Waals surface area contributed by atoms with E-state index in [-0.39, 0.29) is 45.2 Å². The van der Waals surface area contributed by atoms with Crippen molar-refractivity contribution in [3.63, 3.8) is 0 Å². The van der Waals surface area contributed by atoms with Crippen LogP contribution in [0, 0.1) is 16.7 Å². The lowest BCUT2D eigenvalue weighted by Crippen LogP contribution is -2.66. The quantitative estimate of drug-likeness (QED) is 0.156. The molecule has 0 radical (unpaired) electrons. The number of amides is 1. The van der Waals surface area contributed by atoms with Gasteiger partial charge in [-0.15, -0.1) is 0 Å². The van der Waals surface area contributed by atoms with E-state index in [1.54, 1.807) is 0 Å². The number of hydrogen-bond acceptors (Lipinski definition) is 6. The topological polar surface area (TPSA) is 76.2 Å².